The second-order valence-electron chi connectivity index (χ2n) is 3.63. The number of carbonyl (C=O) groups excluding carboxylic acids is 1. The topological polar surface area (TPSA) is 55.6 Å². The molecule has 1 heterocycles. The molecular formula is C11H13BrN2O2. The Labute approximate surface area is 102 Å². The van der Waals surface area contributed by atoms with Crippen molar-refractivity contribution in [3.8, 4) is 0 Å². The van der Waals surface area contributed by atoms with Crippen LogP contribution in [0.5, 0.6) is 0 Å². The van der Waals surface area contributed by atoms with Crippen LogP contribution in [0, 0.1) is 0 Å². The van der Waals surface area contributed by atoms with Gasteiger partial charge < -0.3 is 15.4 Å². The highest BCUT2D eigenvalue weighted by molar-refractivity contribution is 9.10. The van der Waals surface area contributed by atoms with E-state index < -0.39 is 6.04 Å². The molecule has 1 amide bonds. The number of benzene rings is 1. The molecule has 4 nitrogen and oxygen atoms in total. The number of ether oxygens (including phenoxy) is 1. The van der Waals surface area contributed by atoms with Crippen LogP contribution in [0.25, 0.3) is 0 Å². The van der Waals surface area contributed by atoms with Crippen LogP contribution in [-0.2, 0) is 9.53 Å². The van der Waals surface area contributed by atoms with E-state index in [0.29, 0.717) is 13.2 Å². The molecule has 5 heteroatoms. The van der Waals surface area contributed by atoms with E-state index >= 15 is 0 Å². The quantitative estimate of drug-likeness (QED) is 0.914. The molecule has 1 atom stereocenters. The Bertz CT molecular complexity index is 422. The van der Waals surface area contributed by atoms with Gasteiger partial charge in [0.15, 0.2) is 0 Å². The number of hydrogen-bond donors (Lipinski definition) is 1. The van der Waals surface area contributed by atoms with Crippen molar-refractivity contribution >= 4 is 27.5 Å². The predicted molar refractivity (Wildman–Crippen MR) is 65.3 cm³/mol. The molecule has 1 aliphatic heterocycles. The summed E-state index contributed by atoms with van der Waals surface area (Å²) in [4.78, 5) is 13.6. The first-order chi connectivity index (χ1) is 7.66. The van der Waals surface area contributed by atoms with E-state index in [9.17, 15) is 4.79 Å². The van der Waals surface area contributed by atoms with Crippen LogP contribution in [0.3, 0.4) is 0 Å². The molecule has 0 aliphatic carbocycles. The van der Waals surface area contributed by atoms with Gasteiger partial charge in [-0.25, -0.2) is 0 Å². The van der Waals surface area contributed by atoms with Gasteiger partial charge in [-0.1, -0.05) is 22.0 Å². The minimum atomic E-state index is -0.567. The van der Waals surface area contributed by atoms with Crippen LogP contribution in [0.15, 0.2) is 22.7 Å². The minimum absolute atomic E-state index is 0.0704. The Kier molecular flexibility index (Phi) is 3.28. The van der Waals surface area contributed by atoms with Crippen LogP contribution in [0.2, 0.25) is 0 Å². The standard InChI is InChI=1S/C11H13BrN2O2/c1-16-6-5-14-8-4-2-3-7(12)9(8)10(13)11(14)15/h2-4,10H,5-6,13H2,1H3. The number of rotatable bonds is 3. The average molecular weight is 285 g/mol. The lowest BCUT2D eigenvalue weighted by atomic mass is 10.1. The van der Waals surface area contributed by atoms with Crippen molar-refractivity contribution in [2.45, 2.75) is 6.04 Å². The zero-order valence-electron chi connectivity index (χ0n) is 8.94. The SMILES string of the molecule is COCCN1C(=O)C(N)c2c(Br)cccc21. The van der Waals surface area contributed by atoms with Crippen molar-refractivity contribution in [3.63, 3.8) is 0 Å². The second kappa shape index (κ2) is 4.53. The summed E-state index contributed by atoms with van der Waals surface area (Å²) in [5.41, 5.74) is 7.63. The molecule has 1 unspecified atom stereocenters. The zero-order valence-corrected chi connectivity index (χ0v) is 10.5. The van der Waals surface area contributed by atoms with Gasteiger partial charge in [0.2, 0.25) is 5.91 Å². The van der Waals surface area contributed by atoms with Gasteiger partial charge in [0.25, 0.3) is 0 Å². The minimum Gasteiger partial charge on any atom is -0.383 e. The van der Waals surface area contributed by atoms with E-state index in [4.69, 9.17) is 10.5 Å². The number of carbonyl (C=O) groups is 1. The van der Waals surface area contributed by atoms with Gasteiger partial charge >= 0.3 is 0 Å². The number of anilines is 1. The fourth-order valence-corrected chi connectivity index (χ4v) is 2.49. The summed E-state index contributed by atoms with van der Waals surface area (Å²) < 4.78 is 5.87. The van der Waals surface area contributed by atoms with Crippen molar-refractivity contribution in [2.75, 3.05) is 25.2 Å². The van der Waals surface area contributed by atoms with Gasteiger partial charge in [-0.3, -0.25) is 4.79 Å². The molecule has 0 fully saturated rings. The van der Waals surface area contributed by atoms with E-state index in [1.165, 1.54) is 0 Å². The Morgan fingerprint density at radius 1 is 1.56 bits per heavy atom. The molecule has 0 radical (unpaired) electrons. The van der Waals surface area contributed by atoms with Crippen LogP contribution in [0.4, 0.5) is 5.69 Å². The average Bonchev–Trinajstić information content (AvgIpc) is 2.51. The zero-order chi connectivity index (χ0) is 11.7. The number of hydrogen-bond acceptors (Lipinski definition) is 3. The Hall–Kier alpha value is -0.910. The van der Waals surface area contributed by atoms with Crippen LogP contribution >= 0.6 is 15.9 Å². The molecule has 1 aliphatic rings. The fraction of sp³-hybridized carbons (Fsp3) is 0.364. The summed E-state index contributed by atoms with van der Waals surface area (Å²) in [6.45, 7) is 1.04. The Morgan fingerprint density at radius 3 is 3.00 bits per heavy atom. The maximum Gasteiger partial charge on any atom is 0.248 e. The Morgan fingerprint density at radius 2 is 2.31 bits per heavy atom. The Balaban J connectivity index is 2.38. The highest BCUT2D eigenvalue weighted by Gasteiger charge is 2.35. The van der Waals surface area contributed by atoms with Gasteiger partial charge in [-0.05, 0) is 12.1 Å². The van der Waals surface area contributed by atoms with Gasteiger partial charge in [-0.15, -0.1) is 0 Å². The van der Waals surface area contributed by atoms with E-state index in [2.05, 4.69) is 15.9 Å². The summed E-state index contributed by atoms with van der Waals surface area (Å²) in [6, 6.07) is 5.13. The molecule has 0 spiro atoms. The van der Waals surface area contributed by atoms with E-state index in [1.807, 2.05) is 18.2 Å². The number of nitrogens with two attached hydrogens (primary N) is 1. The molecular weight excluding hydrogens is 272 g/mol. The van der Waals surface area contributed by atoms with Gasteiger partial charge in [0.05, 0.1) is 12.3 Å². The van der Waals surface area contributed by atoms with Gasteiger partial charge in [0, 0.05) is 23.7 Å². The van der Waals surface area contributed by atoms with Crippen LogP contribution < -0.4 is 10.6 Å². The summed E-state index contributed by atoms with van der Waals surface area (Å²) in [5.74, 6) is -0.0704. The molecule has 2 rings (SSSR count). The summed E-state index contributed by atoms with van der Waals surface area (Å²) in [6.07, 6.45) is 0. The molecule has 0 aromatic heterocycles. The lowest BCUT2D eigenvalue weighted by Crippen LogP contribution is -2.34. The summed E-state index contributed by atoms with van der Waals surface area (Å²) in [5, 5.41) is 0. The smallest absolute Gasteiger partial charge is 0.248 e. The molecule has 0 bridgehead atoms. The second-order valence-corrected chi connectivity index (χ2v) is 4.49. The first-order valence-corrected chi connectivity index (χ1v) is 5.80. The molecule has 0 saturated carbocycles. The summed E-state index contributed by atoms with van der Waals surface area (Å²) in [7, 11) is 1.61. The van der Waals surface area contributed by atoms with Crippen molar-refractivity contribution < 1.29 is 9.53 Å². The van der Waals surface area contributed by atoms with Crippen molar-refractivity contribution in [1.82, 2.24) is 0 Å². The van der Waals surface area contributed by atoms with Gasteiger partial charge in [-0.2, -0.15) is 0 Å². The maximum absolute atomic E-state index is 11.9. The largest absolute Gasteiger partial charge is 0.383 e. The lowest BCUT2D eigenvalue weighted by Gasteiger charge is -2.16. The van der Waals surface area contributed by atoms with Crippen LogP contribution in [0.1, 0.15) is 11.6 Å². The molecule has 16 heavy (non-hydrogen) atoms. The van der Waals surface area contributed by atoms with E-state index in [1.54, 1.807) is 12.0 Å². The number of amides is 1. The third kappa shape index (κ3) is 1.75. The fourth-order valence-electron chi connectivity index (χ4n) is 1.89. The number of fused-ring (bicyclic) bond motifs is 1. The molecule has 2 N–H and O–H groups in total. The molecule has 1 aromatic carbocycles. The van der Waals surface area contributed by atoms with E-state index in [0.717, 1.165) is 15.7 Å². The number of nitrogens with zero attached hydrogens (tertiary/aromatic N) is 1. The predicted octanol–water partition coefficient (Wildman–Crippen LogP) is 1.44. The molecule has 86 valence electrons. The summed E-state index contributed by atoms with van der Waals surface area (Å²) >= 11 is 3.42. The third-order valence-electron chi connectivity index (χ3n) is 2.68. The first-order valence-electron chi connectivity index (χ1n) is 5.01. The van der Waals surface area contributed by atoms with Crippen molar-refractivity contribution in [1.29, 1.82) is 0 Å². The molecule has 1 aromatic rings. The number of methoxy groups -OCH3 is 1. The highest BCUT2D eigenvalue weighted by atomic mass is 79.9. The molecule has 0 saturated heterocycles. The van der Waals surface area contributed by atoms with Crippen molar-refractivity contribution in [3.05, 3.63) is 28.2 Å². The van der Waals surface area contributed by atoms with Crippen molar-refractivity contribution in [2.24, 2.45) is 5.73 Å². The van der Waals surface area contributed by atoms with Gasteiger partial charge in [0.1, 0.15) is 6.04 Å². The monoisotopic (exact) mass is 284 g/mol. The van der Waals surface area contributed by atoms with E-state index in [-0.39, 0.29) is 5.91 Å². The maximum atomic E-state index is 11.9. The normalized spacial score (nSPS) is 19.1. The lowest BCUT2D eigenvalue weighted by molar-refractivity contribution is -0.119. The first kappa shape index (κ1) is 11.6. The highest BCUT2D eigenvalue weighted by Crippen LogP contribution is 2.38. The van der Waals surface area contributed by atoms with Crippen LogP contribution in [-0.4, -0.2) is 26.2 Å². The third-order valence-corrected chi connectivity index (χ3v) is 3.37. The number of halogens is 1.